The van der Waals surface area contributed by atoms with Gasteiger partial charge in [0, 0.05) is 12.1 Å². The van der Waals surface area contributed by atoms with E-state index in [0.717, 1.165) is 11.1 Å². The Balaban J connectivity index is 1.48. The lowest BCUT2D eigenvalue weighted by Crippen LogP contribution is -2.34. The molecule has 0 atom stereocenters. The average Bonchev–Trinajstić information content (AvgIpc) is 3.09. The van der Waals surface area contributed by atoms with Crippen molar-refractivity contribution in [1.29, 1.82) is 0 Å². The highest BCUT2D eigenvalue weighted by molar-refractivity contribution is 5.73. The van der Waals surface area contributed by atoms with Gasteiger partial charge in [-0.1, -0.05) is 60.2 Å². The third-order valence-corrected chi connectivity index (χ3v) is 3.59. The Bertz CT molecular complexity index is 795. The monoisotopic (exact) mass is 321 g/mol. The number of aromatic nitrogens is 1. The Kier molecular flexibility index (Phi) is 4.91. The van der Waals surface area contributed by atoms with E-state index in [1.165, 1.54) is 5.56 Å². The van der Waals surface area contributed by atoms with Gasteiger partial charge in [0.05, 0.1) is 12.7 Å². The summed E-state index contributed by atoms with van der Waals surface area (Å²) in [6.07, 6.45) is 1.66. The molecule has 2 aromatic carbocycles. The van der Waals surface area contributed by atoms with E-state index in [9.17, 15) is 4.79 Å². The van der Waals surface area contributed by atoms with Crippen LogP contribution in [-0.2, 0) is 13.1 Å². The van der Waals surface area contributed by atoms with Crippen molar-refractivity contribution in [3.05, 3.63) is 77.8 Å². The molecule has 2 amide bonds. The Morgan fingerprint density at radius 3 is 2.46 bits per heavy atom. The van der Waals surface area contributed by atoms with Gasteiger partial charge in [-0.2, -0.15) is 0 Å². The number of nitrogens with one attached hydrogen (secondary N) is 2. The van der Waals surface area contributed by atoms with Gasteiger partial charge in [0.1, 0.15) is 0 Å². The Morgan fingerprint density at radius 1 is 1.00 bits per heavy atom. The highest BCUT2D eigenvalue weighted by Gasteiger charge is 2.07. The summed E-state index contributed by atoms with van der Waals surface area (Å²) >= 11 is 0. The van der Waals surface area contributed by atoms with Crippen LogP contribution >= 0.6 is 0 Å². The minimum Gasteiger partial charge on any atom is -0.439 e. The second-order valence-corrected chi connectivity index (χ2v) is 5.51. The van der Waals surface area contributed by atoms with Gasteiger partial charge in [-0.3, -0.25) is 0 Å². The van der Waals surface area contributed by atoms with E-state index in [1.54, 1.807) is 6.20 Å². The highest BCUT2D eigenvalue weighted by Crippen LogP contribution is 2.19. The van der Waals surface area contributed by atoms with E-state index in [2.05, 4.69) is 15.6 Å². The van der Waals surface area contributed by atoms with Gasteiger partial charge >= 0.3 is 6.03 Å². The van der Waals surface area contributed by atoms with E-state index in [1.807, 2.05) is 61.5 Å². The number of urea groups is 1. The maximum absolute atomic E-state index is 11.8. The fourth-order valence-corrected chi connectivity index (χ4v) is 2.23. The molecule has 0 unspecified atom stereocenters. The maximum atomic E-state index is 11.8. The van der Waals surface area contributed by atoms with Crippen LogP contribution in [0, 0.1) is 6.92 Å². The standard InChI is InChI=1S/C19H19N3O2/c1-14-7-9-15(10-8-14)11-21-19(23)22-13-18-20-12-17(24-18)16-5-3-2-4-6-16/h2-10,12H,11,13H2,1H3,(H2,21,22,23). The van der Waals surface area contributed by atoms with Gasteiger partial charge in [-0.25, -0.2) is 9.78 Å². The van der Waals surface area contributed by atoms with Gasteiger partial charge in [-0.15, -0.1) is 0 Å². The van der Waals surface area contributed by atoms with Crippen molar-refractivity contribution >= 4 is 6.03 Å². The van der Waals surface area contributed by atoms with Crippen LogP contribution in [0.25, 0.3) is 11.3 Å². The van der Waals surface area contributed by atoms with Crippen LogP contribution < -0.4 is 10.6 Å². The number of benzene rings is 2. The van der Waals surface area contributed by atoms with E-state index in [-0.39, 0.29) is 12.6 Å². The molecule has 122 valence electrons. The highest BCUT2D eigenvalue weighted by atomic mass is 16.4. The molecule has 0 aliphatic carbocycles. The molecule has 0 aliphatic heterocycles. The summed E-state index contributed by atoms with van der Waals surface area (Å²) in [5.41, 5.74) is 3.21. The number of carbonyl (C=O) groups is 1. The van der Waals surface area contributed by atoms with Crippen molar-refractivity contribution in [3.63, 3.8) is 0 Å². The zero-order valence-electron chi connectivity index (χ0n) is 13.5. The summed E-state index contributed by atoms with van der Waals surface area (Å²) in [5.74, 6) is 1.16. The lowest BCUT2D eigenvalue weighted by molar-refractivity contribution is 0.239. The predicted octanol–water partition coefficient (Wildman–Crippen LogP) is 3.65. The second kappa shape index (κ2) is 7.46. The molecule has 5 heteroatoms. The van der Waals surface area contributed by atoms with Crippen LogP contribution in [0.1, 0.15) is 17.0 Å². The molecule has 0 aliphatic rings. The lowest BCUT2D eigenvalue weighted by atomic mass is 10.1. The molecule has 0 saturated carbocycles. The second-order valence-electron chi connectivity index (χ2n) is 5.51. The van der Waals surface area contributed by atoms with Crippen molar-refractivity contribution < 1.29 is 9.21 Å². The first-order chi connectivity index (χ1) is 11.7. The van der Waals surface area contributed by atoms with Crippen molar-refractivity contribution in [1.82, 2.24) is 15.6 Å². The smallest absolute Gasteiger partial charge is 0.315 e. The summed E-state index contributed by atoms with van der Waals surface area (Å²) in [6.45, 7) is 2.75. The maximum Gasteiger partial charge on any atom is 0.315 e. The Hall–Kier alpha value is -3.08. The van der Waals surface area contributed by atoms with Crippen LogP contribution in [0.2, 0.25) is 0 Å². The Labute approximate surface area is 140 Å². The van der Waals surface area contributed by atoms with Crippen molar-refractivity contribution in [2.45, 2.75) is 20.0 Å². The topological polar surface area (TPSA) is 67.2 Å². The quantitative estimate of drug-likeness (QED) is 0.754. The molecular formula is C19H19N3O2. The van der Waals surface area contributed by atoms with E-state index in [0.29, 0.717) is 18.2 Å². The Morgan fingerprint density at radius 2 is 1.71 bits per heavy atom. The number of rotatable bonds is 5. The normalized spacial score (nSPS) is 10.4. The molecule has 2 N–H and O–H groups in total. The van der Waals surface area contributed by atoms with Crippen LogP contribution in [0.15, 0.2) is 65.2 Å². The summed E-state index contributed by atoms with van der Waals surface area (Å²) in [5, 5.41) is 5.55. The molecule has 0 fully saturated rings. The lowest BCUT2D eigenvalue weighted by Gasteiger charge is -2.06. The zero-order valence-corrected chi connectivity index (χ0v) is 13.5. The van der Waals surface area contributed by atoms with Crippen molar-refractivity contribution in [3.8, 4) is 11.3 Å². The van der Waals surface area contributed by atoms with Gasteiger partial charge in [0.15, 0.2) is 5.76 Å². The first-order valence-corrected chi connectivity index (χ1v) is 7.78. The van der Waals surface area contributed by atoms with Crippen LogP contribution in [0.3, 0.4) is 0 Å². The number of carbonyl (C=O) groups excluding carboxylic acids is 1. The zero-order chi connectivity index (χ0) is 16.8. The number of amides is 2. The molecule has 24 heavy (non-hydrogen) atoms. The van der Waals surface area contributed by atoms with Crippen molar-refractivity contribution in [2.75, 3.05) is 0 Å². The SMILES string of the molecule is Cc1ccc(CNC(=O)NCc2ncc(-c3ccccc3)o2)cc1. The fraction of sp³-hybridized carbons (Fsp3) is 0.158. The molecule has 3 aromatic rings. The number of aryl methyl sites for hydroxylation is 1. The summed E-state index contributed by atoms with van der Waals surface area (Å²) in [6, 6.07) is 17.5. The molecule has 1 heterocycles. The summed E-state index contributed by atoms with van der Waals surface area (Å²) in [7, 11) is 0. The molecule has 0 radical (unpaired) electrons. The van der Waals surface area contributed by atoms with Crippen LogP contribution in [0.4, 0.5) is 4.79 Å². The van der Waals surface area contributed by atoms with Crippen LogP contribution in [-0.4, -0.2) is 11.0 Å². The first kappa shape index (κ1) is 15.8. The molecule has 5 nitrogen and oxygen atoms in total. The number of hydrogen-bond donors (Lipinski definition) is 2. The minimum atomic E-state index is -0.255. The third-order valence-electron chi connectivity index (χ3n) is 3.59. The first-order valence-electron chi connectivity index (χ1n) is 7.78. The van der Waals surface area contributed by atoms with E-state index in [4.69, 9.17) is 4.42 Å². The molecule has 0 spiro atoms. The fourth-order valence-electron chi connectivity index (χ4n) is 2.23. The van der Waals surface area contributed by atoms with E-state index < -0.39 is 0 Å². The predicted molar refractivity (Wildman–Crippen MR) is 92.2 cm³/mol. The largest absolute Gasteiger partial charge is 0.439 e. The van der Waals surface area contributed by atoms with Gasteiger partial charge in [0.2, 0.25) is 5.89 Å². The molecular weight excluding hydrogens is 302 g/mol. The average molecular weight is 321 g/mol. The molecule has 1 aromatic heterocycles. The van der Waals surface area contributed by atoms with Gasteiger partial charge in [0.25, 0.3) is 0 Å². The minimum absolute atomic E-state index is 0.243. The summed E-state index contributed by atoms with van der Waals surface area (Å²) < 4.78 is 5.64. The summed E-state index contributed by atoms with van der Waals surface area (Å²) in [4.78, 5) is 16.0. The molecule has 3 rings (SSSR count). The molecule has 0 bridgehead atoms. The number of nitrogens with zero attached hydrogens (tertiary/aromatic N) is 1. The van der Waals surface area contributed by atoms with Crippen molar-refractivity contribution in [2.24, 2.45) is 0 Å². The van der Waals surface area contributed by atoms with Gasteiger partial charge in [-0.05, 0) is 12.5 Å². The molecule has 0 saturated heterocycles. The van der Waals surface area contributed by atoms with Gasteiger partial charge < -0.3 is 15.1 Å². The number of oxazole rings is 1. The van der Waals surface area contributed by atoms with E-state index >= 15 is 0 Å². The van der Waals surface area contributed by atoms with Crippen LogP contribution in [0.5, 0.6) is 0 Å². The third kappa shape index (κ3) is 4.23. The number of hydrogen-bond acceptors (Lipinski definition) is 3.